The van der Waals surface area contributed by atoms with E-state index in [1.54, 1.807) is 10.9 Å². The predicted molar refractivity (Wildman–Crippen MR) is 79.6 cm³/mol. The maximum Gasteiger partial charge on any atom is 0.116 e. The Morgan fingerprint density at radius 2 is 1.95 bits per heavy atom. The lowest BCUT2D eigenvalue weighted by Crippen LogP contribution is -1.96. The van der Waals surface area contributed by atoms with Gasteiger partial charge in [0.2, 0.25) is 0 Å². The van der Waals surface area contributed by atoms with Gasteiger partial charge in [0.15, 0.2) is 0 Å². The van der Waals surface area contributed by atoms with Crippen LogP contribution in [0.5, 0.6) is 0 Å². The zero-order valence-electron chi connectivity index (χ0n) is 9.90. The summed E-state index contributed by atoms with van der Waals surface area (Å²) >= 11 is 4.93. The topological polar surface area (TPSA) is 38.1 Å². The molecule has 0 aliphatic rings. The fourth-order valence-electron chi connectivity index (χ4n) is 1.84. The summed E-state index contributed by atoms with van der Waals surface area (Å²) in [4.78, 5) is 0.902. The maximum atomic E-state index is 10.3. The van der Waals surface area contributed by atoms with Gasteiger partial charge in [0.05, 0.1) is 15.7 Å². The third kappa shape index (κ3) is 2.63. The molecule has 1 unspecified atom stereocenters. The molecule has 2 aromatic heterocycles. The number of aliphatic hydroxyl groups is 1. The average Bonchev–Trinajstić information content (AvgIpc) is 3.08. The van der Waals surface area contributed by atoms with Crippen molar-refractivity contribution in [1.29, 1.82) is 0 Å². The van der Waals surface area contributed by atoms with Gasteiger partial charge < -0.3 is 5.11 Å². The molecule has 3 rings (SSSR count). The van der Waals surface area contributed by atoms with E-state index < -0.39 is 6.10 Å². The minimum atomic E-state index is -0.631. The number of rotatable bonds is 3. The molecule has 1 aromatic carbocycles. The van der Waals surface area contributed by atoms with Gasteiger partial charge >= 0.3 is 0 Å². The van der Waals surface area contributed by atoms with Crippen LogP contribution in [-0.2, 0) is 0 Å². The van der Waals surface area contributed by atoms with Gasteiger partial charge in [-0.2, -0.15) is 5.10 Å². The van der Waals surface area contributed by atoms with Crippen molar-refractivity contribution in [1.82, 2.24) is 9.78 Å². The molecule has 1 atom stereocenters. The van der Waals surface area contributed by atoms with E-state index in [1.165, 1.54) is 11.3 Å². The molecule has 3 nitrogen and oxygen atoms in total. The van der Waals surface area contributed by atoms with Gasteiger partial charge in [0.25, 0.3) is 0 Å². The molecule has 0 saturated heterocycles. The summed E-state index contributed by atoms with van der Waals surface area (Å²) in [7, 11) is 0. The first-order valence-corrected chi connectivity index (χ1v) is 7.38. The predicted octanol–water partition coefficient (Wildman–Crippen LogP) is 3.78. The maximum absolute atomic E-state index is 10.3. The molecular weight excluding hydrogens is 324 g/mol. The van der Waals surface area contributed by atoms with Crippen molar-refractivity contribution in [3.63, 3.8) is 0 Å². The lowest BCUT2D eigenvalue weighted by Gasteiger charge is -2.04. The van der Waals surface area contributed by atoms with Crippen molar-refractivity contribution < 1.29 is 5.11 Å². The summed E-state index contributed by atoms with van der Waals surface area (Å²) in [5.41, 5.74) is 1.77. The normalized spacial score (nSPS) is 12.5. The van der Waals surface area contributed by atoms with Gasteiger partial charge in [-0.1, -0.05) is 18.2 Å². The second-order valence-electron chi connectivity index (χ2n) is 4.10. The molecule has 2 heterocycles. The molecule has 0 aliphatic carbocycles. The summed E-state index contributed by atoms with van der Waals surface area (Å²) in [6.45, 7) is 0. The molecule has 0 aliphatic heterocycles. The molecule has 19 heavy (non-hydrogen) atoms. The Hall–Kier alpha value is -1.43. The largest absolute Gasteiger partial charge is 0.383 e. The molecular formula is C14H11BrN2OS. The third-order valence-electron chi connectivity index (χ3n) is 2.80. The first-order valence-electron chi connectivity index (χ1n) is 5.77. The van der Waals surface area contributed by atoms with Crippen LogP contribution >= 0.6 is 27.3 Å². The van der Waals surface area contributed by atoms with Gasteiger partial charge in [0.1, 0.15) is 6.10 Å². The van der Waals surface area contributed by atoms with Crippen molar-refractivity contribution in [3.05, 3.63) is 69.1 Å². The summed E-state index contributed by atoms with van der Waals surface area (Å²) in [6.07, 6.45) is 2.92. The highest BCUT2D eigenvalue weighted by molar-refractivity contribution is 9.11. The van der Waals surface area contributed by atoms with Gasteiger partial charge in [-0.3, -0.25) is 0 Å². The number of benzene rings is 1. The second kappa shape index (κ2) is 5.28. The van der Waals surface area contributed by atoms with Crippen LogP contribution in [0.3, 0.4) is 0 Å². The Morgan fingerprint density at radius 3 is 2.63 bits per heavy atom. The third-order valence-corrected chi connectivity index (χ3v) is 4.48. The van der Waals surface area contributed by atoms with E-state index in [4.69, 9.17) is 0 Å². The van der Waals surface area contributed by atoms with Crippen LogP contribution in [0, 0.1) is 0 Å². The highest BCUT2D eigenvalue weighted by Gasteiger charge is 2.15. The summed E-state index contributed by atoms with van der Waals surface area (Å²) in [5.74, 6) is 0. The summed E-state index contributed by atoms with van der Waals surface area (Å²) in [5, 5.41) is 14.6. The van der Waals surface area contributed by atoms with E-state index in [2.05, 4.69) is 21.0 Å². The van der Waals surface area contributed by atoms with Gasteiger partial charge in [-0.15, -0.1) is 11.3 Å². The summed E-state index contributed by atoms with van der Waals surface area (Å²) in [6, 6.07) is 13.7. The quantitative estimate of drug-likeness (QED) is 0.791. The summed E-state index contributed by atoms with van der Waals surface area (Å²) < 4.78 is 2.78. The Morgan fingerprint density at radius 1 is 1.16 bits per heavy atom. The number of nitrogens with zero attached hydrogens (tertiary/aromatic N) is 2. The highest BCUT2D eigenvalue weighted by atomic mass is 79.9. The van der Waals surface area contributed by atoms with Crippen LogP contribution < -0.4 is 0 Å². The molecule has 0 fully saturated rings. The van der Waals surface area contributed by atoms with Crippen molar-refractivity contribution in [2.75, 3.05) is 0 Å². The minimum Gasteiger partial charge on any atom is -0.383 e. The van der Waals surface area contributed by atoms with E-state index in [-0.39, 0.29) is 0 Å². The number of halogens is 1. The molecule has 1 N–H and O–H groups in total. The first kappa shape index (κ1) is 12.6. The van der Waals surface area contributed by atoms with Gasteiger partial charge in [0, 0.05) is 16.6 Å². The number of para-hydroxylation sites is 1. The second-order valence-corrected chi connectivity index (χ2v) is 6.59. The van der Waals surface area contributed by atoms with E-state index in [9.17, 15) is 5.11 Å². The van der Waals surface area contributed by atoms with E-state index >= 15 is 0 Å². The van der Waals surface area contributed by atoms with Crippen LogP contribution in [0.15, 0.2) is 58.6 Å². The monoisotopic (exact) mass is 334 g/mol. The van der Waals surface area contributed by atoms with Crippen molar-refractivity contribution in [2.24, 2.45) is 0 Å². The zero-order chi connectivity index (χ0) is 13.2. The molecule has 0 spiro atoms. The average molecular weight is 335 g/mol. The number of aromatic nitrogens is 2. The van der Waals surface area contributed by atoms with Crippen molar-refractivity contribution in [2.45, 2.75) is 6.10 Å². The Bertz CT molecular complexity index is 678. The SMILES string of the molecule is OC(c1cnn(-c2ccccc2)c1)c1ccc(Br)s1. The number of hydrogen-bond acceptors (Lipinski definition) is 3. The van der Waals surface area contributed by atoms with Gasteiger partial charge in [-0.25, -0.2) is 4.68 Å². The van der Waals surface area contributed by atoms with Crippen LogP contribution in [0.1, 0.15) is 16.5 Å². The number of hydrogen-bond donors (Lipinski definition) is 1. The minimum absolute atomic E-state index is 0.631. The standard InChI is InChI=1S/C14H11BrN2OS/c15-13-7-6-12(19-13)14(18)10-8-16-17(9-10)11-4-2-1-3-5-11/h1-9,14,18H. The smallest absolute Gasteiger partial charge is 0.116 e. The molecule has 0 radical (unpaired) electrons. The van der Waals surface area contributed by atoms with E-state index in [0.717, 1.165) is 19.9 Å². The Labute approximate surface area is 123 Å². The molecule has 0 bridgehead atoms. The molecule has 0 saturated carbocycles. The first-order chi connectivity index (χ1) is 9.24. The Balaban J connectivity index is 1.89. The lowest BCUT2D eigenvalue weighted by molar-refractivity contribution is 0.224. The fraction of sp³-hybridized carbons (Fsp3) is 0.0714. The molecule has 5 heteroatoms. The molecule has 3 aromatic rings. The highest BCUT2D eigenvalue weighted by Crippen LogP contribution is 2.31. The van der Waals surface area contributed by atoms with Crippen molar-refractivity contribution >= 4 is 27.3 Å². The van der Waals surface area contributed by atoms with Crippen LogP contribution in [0.25, 0.3) is 5.69 Å². The van der Waals surface area contributed by atoms with Crippen molar-refractivity contribution in [3.8, 4) is 5.69 Å². The van der Waals surface area contributed by atoms with Crippen LogP contribution in [0.4, 0.5) is 0 Å². The molecule has 0 amide bonds. The zero-order valence-corrected chi connectivity index (χ0v) is 12.3. The van der Waals surface area contributed by atoms with Crippen LogP contribution in [-0.4, -0.2) is 14.9 Å². The van der Waals surface area contributed by atoms with Gasteiger partial charge in [-0.05, 0) is 40.2 Å². The van der Waals surface area contributed by atoms with E-state index in [0.29, 0.717) is 0 Å². The van der Waals surface area contributed by atoms with E-state index in [1.807, 2.05) is 48.7 Å². The Kier molecular flexibility index (Phi) is 3.50. The number of aliphatic hydroxyl groups excluding tert-OH is 1. The molecule has 96 valence electrons. The lowest BCUT2D eigenvalue weighted by atomic mass is 10.2. The van der Waals surface area contributed by atoms with Crippen LogP contribution in [0.2, 0.25) is 0 Å². The number of thiophene rings is 1. The fourth-order valence-corrected chi connectivity index (χ4v) is 3.28.